The number of anilines is 1. The highest BCUT2D eigenvalue weighted by Crippen LogP contribution is 2.23. The second-order valence-electron chi connectivity index (χ2n) is 6.03. The average molecular weight is 352 g/mol. The fourth-order valence-electron chi connectivity index (χ4n) is 2.85. The van der Waals surface area contributed by atoms with Gasteiger partial charge >= 0.3 is 0 Å². The van der Waals surface area contributed by atoms with E-state index in [-0.39, 0.29) is 12.4 Å². The molecule has 0 radical (unpaired) electrons. The molecule has 1 saturated heterocycles. The first-order chi connectivity index (χ1) is 10.6. The molecular formula is C18H23Cl2N3. The van der Waals surface area contributed by atoms with Gasteiger partial charge < -0.3 is 4.90 Å². The fraction of sp³-hybridized carbons (Fsp3) is 0.389. The van der Waals surface area contributed by atoms with Crippen molar-refractivity contribution in [2.45, 2.75) is 19.9 Å². The quantitative estimate of drug-likeness (QED) is 0.819. The number of nitrogens with zero attached hydrogens (tertiary/aromatic N) is 3. The van der Waals surface area contributed by atoms with Crippen LogP contribution in [0.25, 0.3) is 11.1 Å². The van der Waals surface area contributed by atoms with Crippen molar-refractivity contribution in [1.82, 2.24) is 9.88 Å². The lowest BCUT2D eigenvalue weighted by Gasteiger charge is -2.37. The van der Waals surface area contributed by atoms with Crippen molar-refractivity contribution < 1.29 is 0 Å². The number of aromatic nitrogens is 1. The molecule has 2 heterocycles. The van der Waals surface area contributed by atoms with E-state index >= 15 is 0 Å². The van der Waals surface area contributed by atoms with Gasteiger partial charge in [0.15, 0.2) is 0 Å². The van der Waals surface area contributed by atoms with Crippen molar-refractivity contribution >= 4 is 29.8 Å². The van der Waals surface area contributed by atoms with E-state index in [9.17, 15) is 0 Å². The van der Waals surface area contributed by atoms with E-state index in [0.717, 1.165) is 48.1 Å². The molecule has 1 aliphatic rings. The van der Waals surface area contributed by atoms with Gasteiger partial charge in [0, 0.05) is 49.0 Å². The fourth-order valence-corrected chi connectivity index (χ4v) is 2.98. The molecular weight excluding hydrogens is 329 g/mol. The van der Waals surface area contributed by atoms with Crippen LogP contribution in [0, 0.1) is 0 Å². The summed E-state index contributed by atoms with van der Waals surface area (Å²) in [5.41, 5.74) is 2.27. The van der Waals surface area contributed by atoms with Gasteiger partial charge in [-0.2, -0.15) is 0 Å². The maximum Gasteiger partial charge on any atom is 0.128 e. The smallest absolute Gasteiger partial charge is 0.128 e. The largest absolute Gasteiger partial charge is 0.354 e. The Morgan fingerprint density at radius 1 is 0.913 bits per heavy atom. The van der Waals surface area contributed by atoms with E-state index in [1.807, 2.05) is 30.5 Å². The van der Waals surface area contributed by atoms with Crippen molar-refractivity contribution in [2.24, 2.45) is 0 Å². The Kier molecular flexibility index (Phi) is 6.28. The highest BCUT2D eigenvalue weighted by atomic mass is 35.5. The maximum absolute atomic E-state index is 5.93. The molecule has 23 heavy (non-hydrogen) atoms. The zero-order chi connectivity index (χ0) is 15.5. The number of piperazine rings is 1. The lowest BCUT2D eigenvalue weighted by molar-refractivity contribution is 0.209. The van der Waals surface area contributed by atoms with Crippen molar-refractivity contribution in [2.75, 3.05) is 31.1 Å². The minimum absolute atomic E-state index is 0. The highest BCUT2D eigenvalue weighted by molar-refractivity contribution is 6.30. The van der Waals surface area contributed by atoms with Crippen LogP contribution in [0.5, 0.6) is 0 Å². The first-order valence-corrected chi connectivity index (χ1v) is 8.22. The van der Waals surface area contributed by atoms with Crippen molar-refractivity contribution in [3.8, 4) is 11.1 Å². The summed E-state index contributed by atoms with van der Waals surface area (Å²) in [5, 5.41) is 0.761. The van der Waals surface area contributed by atoms with Crippen LogP contribution in [-0.2, 0) is 0 Å². The van der Waals surface area contributed by atoms with Crippen LogP contribution in [0.3, 0.4) is 0 Å². The molecule has 0 saturated carbocycles. The summed E-state index contributed by atoms with van der Waals surface area (Å²) in [5.74, 6) is 1.07. The van der Waals surface area contributed by atoms with Crippen LogP contribution in [0.2, 0.25) is 5.02 Å². The molecule has 124 valence electrons. The molecule has 3 nitrogen and oxygen atoms in total. The summed E-state index contributed by atoms with van der Waals surface area (Å²) < 4.78 is 0. The molecule has 1 aliphatic heterocycles. The molecule has 0 N–H and O–H groups in total. The Labute approximate surface area is 149 Å². The minimum Gasteiger partial charge on any atom is -0.354 e. The van der Waals surface area contributed by atoms with E-state index in [2.05, 4.69) is 40.8 Å². The Balaban J connectivity index is 0.00000192. The lowest BCUT2D eigenvalue weighted by atomic mass is 10.1. The Hall–Kier alpha value is -1.29. The molecule has 0 spiro atoms. The van der Waals surface area contributed by atoms with Crippen LogP contribution in [0.4, 0.5) is 5.82 Å². The minimum atomic E-state index is 0. The molecule has 1 fully saturated rings. The van der Waals surface area contributed by atoms with E-state index in [0.29, 0.717) is 6.04 Å². The summed E-state index contributed by atoms with van der Waals surface area (Å²) in [7, 11) is 0. The summed E-state index contributed by atoms with van der Waals surface area (Å²) in [6, 6.07) is 12.8. The first-order valence-electron chi connectivity index (χ1n) is 7.84. The maximum atomic E-state index is 5.93. The standard InChI is InChI=1S/C18H22ClN3.ClH/c1-14(2)21-9-11-22(12-10-21)18-8-5-16(13-20-18)15-3-6-17(19)7-4-15;/h3-8,13-14H,9-12H2,1-2H3;1H. The number of hydrogen-bond acceptors (Lipinski definition) is 3. The topological polar surface area (TPSA) is 19.4 Å². The molecule has 0 aliphatic carbocycles. The third kappa shape index (κ3) is 4.37. The van der Waals surface area contributed by atoms with Crippen molar-refractivity contribution in [3.05, 3.63) is 47.6 Å². The van der Waals surface area contributed by atoms with Crippen LogP contribution in [0.15, 0.2) is 42.6 Å². The van der Waals surface area contributed by atoms with E-state index < -0.39 is 0 Å². The number of pyridine rings is 1. The monoisotopic (exact) mass is 351 g/mol. The summed E-state index contributed by atoms with van der Waals surface area (Å²) in [6.45, 7) is 8.83. The molecule has 5 heteroatoms. The Morgan fingerprint density at radius 2 is 1.52 bits per heavy atom. The SMILES string of the molecule is CC(C)N1CCN(c2ccc(-c3ccc(Cl)cc3)cn2)CC1.Cl. The summed E-state index contributed by atoms with van der Waals surface area (Å²) >= 11 is 5.93. The van der Waals surface area contributed by atoms with Crippen LogP contribution < -0.4 is 4.90 Å². The summed E-state index contributed by atoms with van der Waals surface area (Å²) in [6.07, 6.45) is 1.95. The van der Waals surface area contributed by atoms with Gasteiger partial charge in [-0.3, -0.25) is 4.90 Å². The molecule has 3 rings (SSSR count). The molecule has 0 atom stereocenters. The molecule has 1 aromatic carbocycles. The van der Waals surface area contributed by atoms with E-state index in [4.69, 9.17) is 11.6 Å². The molecule has 2 aromatic rings. The van der Waals surface area contributed by atoms with Gasteiger partial charge in [-0.05, 0) is 43.7 Å². The normalized spacial score (nSPS) is 15.6. The van der Waals surface area contributed by atoms with Gasteiger partial charge in [-0.1, -0.05) is 23.7 Å². The second kappa shape index (κ2) is 8.00. The predicted molar refractivity (Wildman–Crippen MR) is 101 cm³/mol. The average Bonchev–Trinajstić information content (AvgIpc) is 2.56. The van der Waals surface area contributed by atoms with Crippen LogP contribution in [-0.4, -0.2) is 42.1 Å². The van der Waals surface area contributed by atoms with Gasteiger partial charge in [0.25, 0.3) is 0 Å². The molecule has 1 aromatic heterocycles. The molecule has 0 bridgehead atoms. The molecule has 0 unspecified atom stereocenters. The third-order valence-corrected chi connectivity index (χ3v) is 4.55. The highest BCUT2D eigenvalue weighted by Gasteiger charge is 2.19. The first kappa shape index (κ1) is 18.1. The van der Waals surface area contributed by atoms with Gasteiger partial charge in [0.05, 0.1) is 0 Å². The zero-order valence-electron chi connectivity index (χ0n) is 13.6. The number of halogens is 2. The van der Waals surface area contributed by atoms with Gasteiger partial charge in [0.2, 0.25) is 0 Å². The van der Waals surface area contributed by atoms with E-state index in [1.165, 1.54) is 0 Å². The third-order valence-electron chi connectivity index (χ3n) is 4.29. The van der Waals surface area contributed by atoms with Crippen LogP contribution in [0.1, 0.15) is 13.8 Å². The predicted octanol–water partition coefficient (Wildman–Crippen LogP) is 4.35. The molecule has 0 amide bonds. The van der Waals surface area contributed by atoms with Gasteiger partial charge in [-0.15, -0.1) is 12.4 Å². The summed E-state index contributed by atoms with van der Waals surface area (Å²) in [4.78, 5) is 9.52. The number of rotatable bonds is 3. The number of hydrogen-bond donors (Lipinski definition) is 0. The van der Waals surface area contributed by atoms with E-state index in [1.54, 1.807) is 0 Å². The Morgan fingerprint density at radius 3 is 2.04 bits per heavy atom. The lowest BCUT2D eigenvalue weighted by Crippen LogP contribution is -2.49. The van der Waals surface area contributed by atoms with Crippen LogP contribution >= 0.6 is 24.0 Å². The van der Waals surface area contributed by atoms with Crippen molar-refractivity contribution in [1.29, 1.82) is 0 Å². The van der Waals surface area contributed by atoms with Gasteiger partial charge in [0.1, 0.15) is 5.82 Å². The zero-order valence-corrected chi connectivity index (χ0v) is 15.1. The number of benzene rings is 1. The second-order valence-corrected chi connectivity index (χ2v) is 6.47. The van der Waals surface area contributed by atoms with Crippen molar-refractivity contribution in [3.63, 3.8) is 0 Å². The Bertz CT molecular complexity index is 603. The van der Waals surface area contributed by atoms with Gasteiger partial charge in [-0.25, -0.2) is 4.98 Å².